The molecule has 0 spiro atoms. The second-order valence-corrected chi connectivity index (χ2v) is 16.6. The number of guanidine groups is 1. The molecule has 0 fully saturated rings. The first kappa shape index (κ1) is 43.2. The van der Waals surface area contributed by atoms with Crippen LogP contribution >= 0.6 is 0 Å². The normalized spacial score (nSPS) is 15.3. The highest BCUT2D eigenvalue weighted by molar-refractivity contribution is 7.89. The standard InChI is InChI=1S/C41H52N6O8S/c1-29-18-20-34(21-19-29)56(52,53)45(5)35(17-12-23-44-39(42)43)38(50)47(40(51)55-41(2,3)4)27-31-22-24-46(33-15-10-7-11-16-33)37(49)32(25-31)26-36(48)54-28-30-13-8-6-9-14-30/h6-11,13-16,18-21,25,32,35H,12,17,22-24,26-28H2,1-5H3,(H4,42,43,44)/t32?,35-/m0/s1. The van der Waals surface area contributed by atoms with Gasteiger partial charge in [-0.1, -0.05) is 77.9 Å². The van der Waals surface area contributed by atoms with Crippen molar-refractivity contribution in [1.82, 2.24) is 14.5 Å². The zero-order valence-electron chi connectivity index (χ0n) is 32.6. The lowest BCUT2D eigenvalue weighted by molar-refractivity contribution is -0.147. The van der Waals surface area contributed by atoms with E-state index in [2.05, 4.69) is 5.32 Å². The number of nitrogens with two attached hydrogens (primary N) is 1. The first-order chi connectivity index (χ1) is 26.5. The van der Waals surface area contributed by atoms with E-state index in [4.69, 9.17) is 20.6 Å². The molecule has 1 aliphatic rings. The van der Waals surface area contributed by atoms with Gasteiger partial charge in [0.15, 0.2) is 5.96 Å². The largest absolute Gasteiger partial charge is 0.461 e. The number of para-hydroxylation sites is 1. The highest BCUT2D eigenvalue weighted by Gasteiger charge is 2.40. The fourth-order valence-corrected chi connectivity index (χ4v) is 7.42. The summed E-state index contributed by atoms with van der Waals surface area (Å²) in [7, 11) is -2.97. The number of nitrogens with one attached hydrogen (secondary N) is 2. The van der Waals surface area contributed by atoms with E-state index in [1.807, 2.05) is 43.3 Å². The molecule has 0 radical (unpaired) electrons. The van der Waals surface area contributed by atoms with Crippen molar-refractivity contribution in [3.05, 3.63) is 108 Å². The van der Waals surface area contributed by atoms with Crippen molar-refractivity contribution in [3.8, 4) is 0 Å². The van der Waals surface area contributed by atoms with Gasteiger partial charge in [0, 0.05) is 25.8 Å². The summed E-state index contributed by atoms with van der Waals surface area (Å²) >= 11 is 0. The predicted molar refractivity (Wildman–Crippen MR) is 213 cm³/mol. The van der Waals surface area contributed by atoms with Crippen molar-refractivity contribution < 1.29 is 37.1 Å². The number of imide groups is 1. The van der Waals surface area contributed by atoms with Crippen LogP contribution < -0.4 is 16.0 Å². The monoisotopic (exact) mass is 788 g/mol. The number of carbonyl (C=O) groups is 4. The third-order valence-electron chi connectivity index (χ3n) is 9.01. The number of nitrogens with zero attached hydrogens (tertiary/aromatic N) is 3. The molecule has 14 nitrogen and oxygen atoms in total. The summed E-state index contributed by atoms with van der Waals surface area (Å²) in [6.45, 7) is 6.75. The van der Waals surface area contributed by atoms with Crippen LogP contribution in [0.3, 0.4) is 0 Å². The van der Waals surface area contributed by atoms with Crippen LogP contribution in [0, 0.1) is 18.3 Å². The van der Waals surface area contributed by atoms with E-state index in [9.17, 15) is 27.6 Å². The summed E-state index contributed by atoms with van der Waals surface area (Å²) in [5.74, 6) is -3.13. The van der Waals surface area contributed by atoms with Gasteiger partial charge in [-0.15, -0.1) is 0 Å². The average molecular weight is 789 g/mol. The van der Waals surface area contributed by atoms with Crippen molar-refractivity contribution in [2.75, 3.05) is 31.6 Å². The molecule has 3 amide bonds. The van der Waals surface area contributed by atoms with Crippen LogP contribution in [0.15, 0.2) is 101 Å². The number of likely N-dealkylation sites (N-methyl/N-ethyl adjacent to an activating group) is 1. The molecule has 15 heteroatoms. The second-order valence-electron chi connectivity index (χ2n) is 14.6. The minimum Gasteiger partial charge on any atom is -0.461 e. The van der Waals surface area contributed by atoms with Gasteiger partial charge in [0.25, 0.3) is 5.91 Å². The summed E-state index contributed by atoms with van der Waals surface area (Å²) in [6.07, 6.45) is 0.663. The van der Waals surface area contributed by atoms with Gasteiger partial charge in [-0.2, -0.15) is 4.31 Å². The van der Waals surface area contributed by atoms with E-state index >= 15 is 0 Å². The van der Waals surface area contributed by atoms with Gasteiger partial charge in [0.2, 0.25) is 15.9 Å². The first-order valence-corrected chi connectivity index (χ1v) is 19.8. The number of hydrogen-bond acceptors (Lipinski definition) is 9. The molecule has 0 saturated carbocycles. The number of esters is 1. The molecule has 1 unspecified atom stereocenters. The van der Waals surface area contributed by atoms with E-state index in [1.54, 1.807) is 68.1 Å². The molecular weight excluding hydrogens is 737 g/mol. The first-order valence-electron chi connectivity index (χ1n) is 18.4. The highest BCUT2D eigenvalue weighted by Crippen LogP contribution is 2.28. The average Bonchev–Trinajstić information content (AvgIpc) is 3.30. The van der Waals surface area contributed by atoms with Crippen LogP contribution in [0.1, 0.15) is 57.6 Å². The minimum absolute atomic E-state index is 0.0167. The second kappa shape index (κ2) is 19.4. The quantitative estimate of drug-likeness (QED) is 0.0612. The molecule has 300 valence electrons. The Hall–Kier alpha value is -5.54. The van der Waals surface area contributed by atoms with Crippen molar-refractivity contribution in [2.45, 2.75) is 76.5 Å². The van der Waals surface area contributed by atoms with Gasteiger partial charge in [-0.3, -0.25) is 19.8 Å². The molecule has 4 N–H and O–H groups in total. The summed E-state index contributed by atoms with van der Waals surface area (Å²) in [4.78, 5) is 58.4. The van der Waals surface area contributed by atoms with Gasteiger partial charge < -0.3 is 25.4 Å². The van der Waals surface area contributed by atoms with Gasteiger partial charge in [0.05, 0.1) is 23.8 Å². The molecule has 0 bridgehead atoms. The van der Waals surface area contributed by atoms with Crippen molar-refractivity contribution in [1.29, 1.82) is 5.41 Å². The molecule has 3 aromatic rings. The maximum Gasteiger partial charge on any atom is 0.417 e. The maximum atomic E-state index is 14.7. The van der Waals surface area contributed by atoms with E-state index in [-0.39, 0.29) is 68.7 Å². The topological polar surface area (TPSA) is 192 Å². The molecule has 3 aromatic carbocycles. The fraction of sp³-hybridized carbons (Fsp3) is 0.390. The van der Waals surface area contributed by atoms with Crippen LogP contribution in [0.25, 0.3) is 0 Å². The SMILES string of the molecule is Cc1ccc(S(=O)(=O)N(C)[C@@H](CCCNC(=N)N)C(=O)N(CC2=CC(CC(=O)OCc3ccccc3)C(=O)N(c3ccccc3)CC2)C(=O)OC(C)(C)C)cc1. The van der Waals surface area contributed by atoms with E-state index < -0.39 is 45.6 Å². The molecule has 2 atom stereocenters. The molecular formula is C41H52N6O8S. The van der Waals surface area contributed by atoms with Gasteiger partial charge in [-0.05, 0) is 76.8 Å². The Labute approximate surface area is 329 Å². The smallest absolute Gasteiger partial charge is 0.417 e. The Bertz CT molecular complexity index is 1980. The number of rotatable bonds is 15. The Morgan fingerprint density at radius 2 is 1.62 bits per heavy atom. The number of ether oxygens (including phenoxy) is 2. The molecule has 0 aliphatic carbocycles. The van der Waals surface area contributed by atoms with Crippen LogP contribution in [-0.4, -0.2) is 85.8 Å². The Morgan fingerprint density at radius 3 is 2.23 bits per heavy atom. The van der Waals surface area contributed by atoms with Crippen LogP contribution in [0.5, 0.6) is 0 Å². The number of amides is 3. The summed E-state index contributed by atoms with van der Waals surface area (Å²) in [5, 5.41) is 10.2. The van der Waals surface area contributed by atoms with E-state index in [0.717, 1.165) is 20.3 Å². The molecule has 1 aliphatic heterocycles. The number of aryl methyl sites for hydroxylation is 1. The summed E-state index contributed by atoms with van der Waals surface area (Å²) in [6, 6.07) is 22.9. The van der Waals surface area contributed by atoms with Crippen LogP contribution in [-0.2, 0) is 40.5 Å². The molecule has 0 saturated heterocycles. The Morgan fingerprint density at radius 1 is 1.00 bits per heavy atom. The van der Waals surface area contributed by atoms with Crippen molar-refractivity contribution in [3.63, 3.8) is 0 Å². The zero-order valence-corrected chi connectivity index (χ0v) is 33.4. The number of sulfonamides is 1. The fourth-order valence-electron chi connectivity index (χ4n) is 6.08. The number of anilines is 1. The molecule has 1 heterocycles. The number of benzene rings is 3. The molecule has 4 rings (SSSR count). The Kier molecular flexibility index (Phi) is 14.9. The third kappa shape index (κ3) is 12.2. The molecule has 56 heavy (non-hydrogen) atoms. The summed E-state index contributed by atoms with van der Waals surface area (Å²) < 4.78 is 40.1. The van der Waals surface area contributed by atoms with Crippen LogP contribution in [0.4, 0.5) is 10.5 Å². The lowest BCUT2D eigenvalue weighted by Gasteiger charge is -2.33. The van der Waals surface area contributed by atoms with Gasteiger partial charge in [0.1, 0.15) is 18.2 Å². The van der Waals surface area contributed by atoms with Crippen molar-refractivity contribution in [2.24, 2.45) is 11.7 Å². The number of carbonyl (C=O) groups excluding carboxylic acids is 4. The number of hydrogen-bond donors (Lipinski definition) is 3. The van der Waals surface area contributed by atoms with Crippen LogP contribution in [0.2, 0.25) is 0 Å². The lowest BCUT2D eigenvalue weighted by Crippen LogP contribution is -2.52. The van der Waals surface area contributed by atoms with Gasteiger partial charge in [-0.25, -0.2) is 18.1 Å². The zero-order chi connectivity index (χ0) is 41.0. The van der Waals surface area contributed by atoms with E-state index in [0.29, 0.717) is 11.3 Å². The minimum atomic E-state index is -4.25. The maximum absolute atomic E-state index is 14.7. The highest BCUT2D eigenvalue weighted by atomic mass is 32.2. The summed E-state index contributed by atoms with van der Waals surface area (Å²) in [5.41, 5.74) is 7.14. The van der Waals surface area contributed by atoms with Gasteiger partial charge >= 0.3 is 12.1 Å². The van der Waals surface area contributed by atoms with E-state index in [1.165, 1.54) is 19.2 Å². The predicted octanol–water partition coefficient (Wildman–Crippen LogP) is 5.12. The third-order valence-corrected chi connectivity index (χ3v) is 10.9. The Balaban J connectivity index is 1.71. The molecule has 0 aromatic heterocycles. The van der Waals surface area contributed by atoms with Crippen molar-refractivity contribution >= 4 is 45.5 Å². The lowest BCUT2D eigenvalue weighted by atomic mass is 10.00.